The highest BCUT2D eigenvalue weighted by molar-refractivity contribution is 6.07. The molecule has 0 aliphatic rings. The summed E-state index contributed by atoms with van der Waals surface area (Å²) in [6.45, 7) is 5.19. The largest absolute Gasteiger partial charge is 0.346 e. The Bertz CT molecular complexity index is 965. The van der Waals surface area contributed by atoms with Crippen LogP contribution in [0.15, 0.2) is 60.8 Å². The van der Waals surface area contributed by atoms with Gasteiger partial charge in [0.05, 0.1) is 5.52 Å². The van der Waals surface area contributed by atoms with Gasteiger partial charge < -0.3 is 4.57 Å². The molecule has 0 aliphatic heterocycles. The van der Waals surface area contributed by atoms with E-state index in [0.29, 0.717) is 0 Å². The predicted molar refractivity (Wildman–Crippen MR) is 92.3 cm³/mol. The van der Waals surface area contributed by atoms with Gasteiger partial charge >= 0.3 is 0 Å². The normalized spacial score (nSPS) is 11.4. The van der Waals surface area contributed by atoms with Crippen molar-refractivity contribution in [3.05, 3.63) is 77.7 Å². The SMILES string of the molecule is Cc1nc2ccccc2c2cn(Cc3ccccc3)c(C)c12. The van der Waals surface area contributed by atoms with Crippen molar-refractivity contribution in [2.45, 2.75) is 20.4 Å². The van der Waals surface area contributed by atoms with Gasteiger partial charge in [0, 0.05) is 40.3 Å². The highest BCUT2D eigenvalue weighted by Gasteiger charge is 2.12. The number of para-hydroxylation sites is 1. The Balaban J connectivity index is 1.96. The predicted octanol–water partition coefficient (Wildman–Crippen LogP) is 4.85. The quantitative estimate of drug-likeness (QED) is 0.515. The number of hydrogen-bond acceptors (Lipinski definition) is 1. The minimum absolute atomic E-state index is 0.898. The number of aromatic nitrogens is 2. The van der Waals surface area contributed by atoms with Crippen LogP contribution in [0.4, 0.5) is 0 Å². The molecule has 0 spiro atoms. The number of hydrogen-bond donors (Lipinski definition) is 0. The van der Waals surface area contributed by atoms with Gasteiger partial charge in [-0.05, 0) is 25.5 Å². The molecule has 0 N–H and O–H groups in total. The topological polar surface area (TPSA) is 17.8 Å². The first kappa shape index (κ1) is 13.1. The average molecular weight is 286 g/mol. The molecule has 0 saturated heterocycles. The van der Waals surface area contributed by atoms with Crippen LogP contribution < -0.4 is 0 Å². The summed E-state index contributed by atoms with van der Waals surface area (Å²) in [5.74, 6) is 0. The zero-order chi connectivity index (χ0) is 15.1. The molecule has 0 amide bonds. The smallest absolute Gasteiger partial charge is 0.0712 e. The van der Waals surface area contributed by atoms with Gasteiger partial charge in [-0.15, -0.1) is 0 Å². The van der Waals surface area contributed by atoms with Crippen molar-refractivity contribution in [2.24, 2.45) is 0 Å². The fraction of sp³-hybridized carbons (Fsp3) is 0.150. The Labute approximate surface area is 130 Å². The van der Waals surface area contributed by atoms with Gasteiger partial charge in [-0.1, -0.05) is 48.5 Å². The third kappa shape index (κ3) is 2.00. The number of pyridine rings is 1. The van der Waals surface area contributed by atoms with E-state index in [4.69, 9.17) is 4.98 Å². The van der Waals surface area contributed by atoms with Gasteiger partial charge in [0.2, 0.25) is 0 Å². The molecule has 0 saturated carbocycles. The number of aryl methyl sites for hydroxylation is 2. The second-order valence-electron chi connectivity index (χ2n) is 5.83. The summed E-state index contributed by atoms with van der Waals surface area (Å²) in [4.78, 5) is 4.77. The maximum atomic E-state index is 4.77. The van der Waals surface area contributed by atoms with Crippen LogP contribution in [0.2, 0.25) is 0 Å². The fourth-order valence-corrected chi connectivity index (χ4v) is 3.30. The molecule has 2 aromatic heterocycles. The van der Waals surface area contributed by atoms with Crippen molar-refractivity contribution < 1.29 is 0 Å². The van der Waals surface area contributed by atoms with Crippen molar-refractivity contribution in [3.8, 4) is 0 Å². The number of rotatable bonds is 2. The molecule has 0 fully saturated rings. The summed E-state index contributed by atoms with van der Waals surface area (Å²) < 4.78 is 2.33. The van der Waals surface area contributed by atoms with Crippen LogP contribution in [-0.2, 0) is 6.54 Å². The van der Waals surface area contributed by atoms with Crippen LogP contribution in [0.5, 0.6) is 0 Å². The molecule has 22 heavy (non-hydrogen) atoms. The third-order valence-corrected chi connectivity index (χ3v) is 4.39. The molecule has 2 heterocycles. The summed E-state index contributed by atoms with van der Waals surface area (Å²) >= 11 is 0. The van der Waals surface area contributed by atoms with Crippen LogP contribution in [0, 0.1) is 13.8 Å². The Kier molecular flexibility index (Phi) is 2.97. The van der Waals surface area contributed by atoms with Gasteiger partial charge in [-0.3, -0.25) is 4.98 Å². The Hall–Kier alpha value is -2.61. The molecule has 0 atom stereocenters. The van der Waals surface area contributed by atoms with Crippen LogP contribution in [-0.4, -0.2) is 9.55 Å². The van der Waals surface area contributed by atoms with E-state index in [2.05, 4.69) is 79.2 Å². The summed E-state index contributed by atoms with van der Waals surface area (Å²) in [7, 11) is 0. The van der Waals surface area contributed by atoms with Gasteiger partial charge in [-0.2, -0.15) is 0 Å². The van der Waals surface area contributed by atoms with Crippen molar-refractivity contribution in [2.75, 3.05) is 0 Å². The van der Waals surface area contributed by atoms with Crippen molar-refractivity contribution in [1.29, 1.82) is 0 Å². The van der Waals surface area contributed by atoms with E-state index < -0.39 is 0 Å². The summed E-state index contributed by atoms with van der Waals surface area (Å²) in [6.07, 6.45) is 2.27. The van der Waals surface area contributed by atoms with Crippen molar-refractivity contribution in [3.63, 3.8) is 0 Å². The summed E-state index contributed by atoms with van der Waals surface area (Å²) in [5.41, 5.74) is 4.79. The van der Waals surface area contributed by atoms with Crippen LogP contribution in [0.1, 0.15) is 17.0 Å². The van der Waals surface area contributed by atoms with Crippen LogP contribution >= 0.6 is 0 Å². The lowest BCUT2D eigenvalue weighted by Gasteiger charge is -2.06. The third-order valence-electron chi connectivity index (χ3n) is 4.39. The molecule has 2 nitrogen and oxygen atoms in total. The molecular formula is C20H18N2. The summed E-state index contributed by atoms with van der Waals surface area (Å²) in [6, 6.07) is 19.0. The van der Waals surface area contributed by atoms with Gasteiger partial charge in [-0.25, -0.2) is 0 Å². The minimum atomic E-state index is 0.898. The van der Waals surface area contributed by atoms with E-state index in [1.807, 2.05) is 0 Å². The monoisotopic (exact) mass is 286 g/mol. The van der Waals surface area contributed by atoms with E-state index >= 15 is 0 Å². The molecule has 2 aromatic carbocycles. The zero-order valence-electron chi connectivity index (χ0n) is 12.9. The highest BCUT2D eigenvalue weighted by atomic mass is 15.0. The van der Waals surface area contributed by atoms with Gasteiger partial charge in [0.25, 0.3) is 0 Å². The molecule has 0 radical (unpaired) electrons. The number of fused-ring (bicyclic) bond motifs is 3. The Morgan fingerprint density at radius 1 is 0.864 bits per heavy atom. The van der Waals surface area contributed by atoms with E-state index in [0.717, 1.165) is 17.8 Å². The number of nitrogens with zero attached hydrogens (tertiary/aromatic N) is 2. The van der Waals surface area contributed by atoms with E-state index in [9.17, 15) is 0 Å². The molecule has 0 unspecified atom stereocenters. The molecule has 4 rings (SSSR count). The average Bonchev–Trinajstić information content (AvgIpc) is 2.86. The van der Waals surface area contributed by atoms with E-state index in [-0.39, 0.29) is 0 Å². The van der Waals surface area contributed by atoms with Gasteiger partial charge in [0.1, 0.15) is 0 Å². The summed E-state index contributed by atoms with van der Waals surface area (Å²) in [5, 5.41) is 3.82. The van der Waals surface area contributed by atoms with Gasteiger partial charge in [0.15, 0.2) is 0 Å². The first-order valence-electron chi connectivity index (χ1n) is 7.63. The molecule has 0 bridgehead atoms. The first-order chi connectivity index (χ1) is 10.7. The molecule has 2 heteroatoms. The lowest BCUT2D eigenvalue weighted by atomic mass is 10.1. The second kappa shape index (κ2) is 4.99. The molecule has 0 aliphatic carbocycles. The minimum Gasteiger partial charge on any atom is -0.346 e. The molecular weight excluding hydrogens is 268 g/mol. The molecule has 4 aromatic rings. The van der Waals surface area contributed by atoms with Crippen LogP contribution in [0.25, 0.3) is 21.7 Å². The lowest BCUT2D eigenvalue weighted by Crippen LogP contribution is -1.99. The van der Waals surface area contributed by atoms with Crippen LogP contribution in [0.3, 0.4) is 0 Å². The fourth-order valence-electron chi connectivity index (χ4n) is 3.30. The van der Waals surface area contributed by atoms with E-state index in [1.165, 1.54) is 27.4 Å². The maximum absolute atomic E-state index is 4.77. The standard InChI is InChI=1S/C20H18N2/c1-14-20-15(2)22(12-16-8-4-3-5-9-16)13-18(20)17-10-6-7-11-19(17)21-14/h3-11,13H,12H2,1-2H3. The van der Waals surface area contributed by atoms with Crippen molar-refractivity contribution in [1.82, 2.24) is 9.55 Å². The highest BCUT2D eigenvalue weighted by Crippen LogP contribution is 2.30. The van der Waals surface area contributed by atoms with E-state index in [1.54, 1.807) is 0 Å². The van der Waals surface area contributed by atoms with Crippen molar-refractivity contribution >= 4 is 21.7 Å². The Morgan fingerprint density at radius 3 is 2.41 bits per heavy atom. The Morgan fingerprint density at radius 2 is 1.59 bits per heavy atom. The number of benzene rings is 2. The lowest BCUT2D eigenvalue weighted by molar-refractivity contribution is 0.781. The maximum Gasteiger partial charge on any atom is 0.0712 e. The first-order valence-corrected chi connectivity index (χ1v) is 7.63. The second-order valence-corrected chi connectivity index (χ2v) is 5.83. The molecule has 108 valence electrons. The zero-order valence-corrected chi connectivity index (χ0v) is 12.9.